The summed E-state index contributed by atoms with van der Waals surface area (Å²) in [5, 5.41) is 4.77. The highest BCUT2D eigenvalue weighted by atomic mass is 35.5. The number of nitrogens with zero attached hydrogens (tertiary/aromatic N) is 2. The van der Waals surface area contributed by atoms with E-state index in [2.05, 4.69) is 10.3 Å². The van der Waals surface area contributed by atoms with Gasteiger partial charge in [-0.25, -0.2) is 9.37 Å². The lowest BCUT2D eigenvalue weighted by molar-refractivity contribution is -0.115. The number of carbonyl (C=O) groups is 1. The van der Waals surface area contributed by atoms with Crippen molar-refractivity contribution in [3.63, 3.8) is 0 Å². The SMILES string of the molecule is COc1ccc(-c2cn3c(CC(=O)Nc4ccc(F)cc4Cl)csc3n2)cc1.Cl. The van der Waals surface area contributed by atoms with E-state index < -0.39 is 5.82 Å². The van der Waals surface area contributed by atoms with Gasteiger partial charge >= 0.3 is 0 Å². The van der Waals surface area contributed by atoms with Crippen LogP contribution < -0.4 is 10.1 Å². The van der Waals surface area contributed by atoms with Gasteiger partial charge in [-0.3, -0.25) is 9.20 Å². The molecule has 9 heteroatoms. The Bertz CT molecular complexity index is 1160. The number of carbonyl (C=O) groups excluding carboxylic acids is 1. The number of nitrogens with one attached hydrogen (secondary N) is 1. The number of hydrogen-bond donors (Lipinski definition) is 1. The van der Waals surface area contributed by atoms with Crippen LogP contribution >= 0.6 is 35.3 Å². The van der Waals surface area contributed by atoms with E-state index in [9.17, 15) is 9.18 Å². The number of thiazole rings is 1. The monoisotopic (exact) mass is 451 g/mol. The number of rotatable bonds is 5. The zero-order valence-corrected chi connectivity index (χ0v) is 17.6. The van der Waals surface area contributed by atoms with Crippen LogP contribution in [0, 0.1) is 5.82 Å². The minimum absolute atomic E-state index is 0. The molecule has 0 saturated carbocycles. The van der Waals surface area contributed by atoms with Crippen molar-refractivity contribution in [2.45, 2.75) is 6.42 Å². The Kier molecular flexibility index (Phi) is 6.42. The molecule has 0 saturated heterocycles. The number of imidazole rings is 1. The van der Waals surface area contributed by atoms with Crippen molar-refractivity contribution in [3.05, 3.63) is 70.6 Å². The van der Waals surface area contributed by atoms with E-state index in [4.69, 9.17) is 16.3 Å². The Balaban J connectivity index is 0.00000240. The number of halogens is 3. The molecule has 1 amide bonds. The Morgan fingerprint density at radius 1 is 1.28 bits per heavy atom. The van der Waals surface area contributed by atoms with Crippen molar-refractivity contribution in [2.75, 3.05) is 12.4 Å². The molecule has 0 atom stereocenters. The number of fused-ring (bicyclic) bond motifs is 1. The van der Waals surface area contributed by atoms with Gasteiger partial charge in [-0.2, -0.15) is 0 Å². The van der Waals surface area contributed by atoms with Crippen LogP contribution in [0.25, 0.3) is 16.2 Å². The summed E-state index contributed by atoms with van der Waals surface area (Å²) in [6.07, 6.45) is 2.05. The van der Waals surface area contributed by atoms with Crippen LogP contribution in [0.5, 0.6) is 5.75 Å². The van der Waals surface area contributed by atoms with Crippen molar-refractivity contribution >= 4 is 51.9 Å². The second kappa shape index (κ2) is 8.82. The van der Waals surface area contributed by atoms with Gasteiger partial charge in [-0.15, -0.1) is 23.7 Å². The average molecular weight is 452 g/mol. The third kappa shape index (κ3) is 4.53. The van der Waals surface area contributed by atoms with E-state index in [0.717, 1.165) is 33.7 Å². The second-order valence-corrected chi connectivity index (χ2v) is 7.33. The molecule has 0 aliphatic heterocycles. The smallest absolute Gasteiger partial charge is 0.230 e. The van der Waals surface area contributed by atoms with Gasteiger partial charge in [-0.05, 0) is 42.5 Å². The zero-order valence-electron chi connectivity index (χ0n) is 15.2. The Labute approximate surface area is 181 Å². The van der Waals surface area contributed by atoms with E-state index in [1.54, 1.807) is 7.11 Å². The van der Waals surface area contributed by atoms with Crippen molar-refractivity contribution in [1.82, 2.24) is 9.38 Å². The fourth-order valence-electron chi connectivity index (χ4n) is 2.81. The normalized spacial score (nSPS) is 10.6. The maximum Gasteiger partial charge on any atom is 0.230 e. The van der Waals surface area contributed by atoms with Crippen molar-refractivity contribution in [2.24, 2.45) is 0 Å². The third-order valence-electron chi connectivity index (χ3n) is 4.22. The van der Waals surface area contributed by atoms with Crippen LogP contribution in [0.15, 0.2) is 54.0 Å². The molecule has 0 unspecified atom stereocenters. The third-order valence-corrected chi connectivity index (χ3v) is 5.42. The van der Waals surface area contributed by atoms with Gasteiger partial charge in [0.1, 0.15) is 11.6 Å². The van der Waals surface area contributed by atoms with Gasteiger partial charge in [0.25, 0.3) is 0 Å². The van der Waals surface area contributed by atoms with Gasteiger partial charge < -0.3 is 10.1 Å². The molecular formula is C20H16Cl2FN3O2S. The number of benzene rings is 2. The summed E-state index contributed by atoms with van der Waals surface area (Å²) < 4.78 is 20.2. The summed E-state index contributed by atoms with van der Waals surface area (Å²) in [6, 6.07) is 11.5. The van der Waals surface area contributed by atoms with Gasteiger partial charge in [0.15, 0.2) is 4.96 Å². The lowest BCUT2D eigenvalue weighted by Crippen LogP contribution is -2.15. The minimum Gasteiger partial charge on any atom is -0.497 e. The number of amides is 1. The summed E-state index contributed by atoms with van der Waals surface area (Å²) >= 11 is 7.43. The van der Waals surface area contributed by atoms with E-state index in [0.29, 0.717) is 5.69 Å². The number of hydrogen-bond acceptors (Lipinski definition) is 4. The van der Waals surface area contributed by atoms with Gasteiger partial charge in [0, 0.05) is 22.8 Å². The summed E-state index contributed by atoms with van der Waals surface area (Å²) in [5.74, 6) is 0.0847. The largest absolute Gasteiger partial charge is 0.497 e. The van der Waals surface area contributed by atoms with Crippen LogP contribution in [-0.2, 0) is 11.2 Å². The molecule has 0 aliphatic rings. The number of methoxy groups -OCH3 is 1. The maximum atomic E-state index is 13.1. The van der Waals surface area contributed by atoms with Gasteiger partial charge in [-0.1, -0.05) is 11.6 Å². The molecule has 2 aromatic heterocycles. The van der Waals surface area contributed by atoms with Crippen LogP contribution in [0.4, 0.5) is 10.1 Å². The predicted octanol–water partition coefficient (Wildman–Crippen LogP) is 5.47. The van der Waals surface area contributed by atoms with Gasteiger partial charge in [0.05, 0.1) is 29.9 Å². The Morgan fingerprint density at radius 2 is 2.03 bits per heavy atom. The molecule has 4 aromatic rings. The Hall–Kier alpha value is -2.61. The molecule has 4 rings (SSSR count). The predicted molar refractivity (Wildman–Crippen MR) is 116 cm³/mol. The molecule has 150 valence electrons. The molecule has 2 heterocycles. The first-order valence-electron chi connectivity index (χ1n) is 8.38. The standard InChI is InChI=1S/C20H15ClFN3O2S.ClH/c1-27-15-5-2-12(3-6-15)18-10-25-14(11-28-20(25)24-18)9-19(26)23-17-7-4-13(22)8-16(17)21;/h2-8,10-11H,9H2,1H3,(H,23,26);1H. The van der Waals surface area contributed by atoms with Crippen LogP contribution in [0.1, 0.15) is 5.69 Å². The molecule has 29 heavy (non-hydrogen) atoms. The van der Waals surface area contributed by atoms with E-state index in [1.807, 2.05) is 40.2 Å². The summed E-state index contributed by atoms with van der Waals surface area (Å²) in [4.78, 5) is 17.8. The molecule has 0 aliphatic carbocycles. The minimum atomic E-state index is -0.452. The first-order valence-corrected chi connectivity index (χ1v) is 9.64. The molecular weight excluding hydrogens is 436 g/mol. The number of anilines is 1. The summed E-state index contributed by atoms with van der Waals surface area (Å²) in [6.45, 7) is 0. The van der Waals surface area contributed by atoms with Crippen molar-refractivity contribution in [1.29, 1.82) is 0 Å². The van der Waals surface area contributed by atoms with Crippen LogP contribution in [0.3, 0.4) is 0 Å². The topological polar surface area (TPSA) is 55.6 Å². The Morgan fingerprint density at radius 3 is 2.72 bits per heavy atom. The van der Waals surface area contributed by atoms with E-state index in [1.165, 1.54) is 23.5 Å². The first kappa shape index (κ1) is 21.1. The van der Waals surface area contributed by atoms with Crippen LogP contribution in [-0.4, -0.2) is 22.4 Å². The highest BCUT2D eigenvalue weighted by molar-refractivity contribution is 7.15. The zero-order chi connectivity index (χ0) is 19.7. The maximum absolute atomic E-state index is 13.1. The lowest BCUT2D eigenvalue weighted by atomic mass is 10.2. The fraction of sp³-hybridized carbons (Fsp3) is 0.100. The lowest BCUT2D eigenvalue weighted by Gasteiger charge is -2.07. The molecule has 0 spiro atoms. The van der Waals surface area contributed by atoms with E-state index in [-0.39, 0.29) is 29.8 Å². The molecule has 1 N–H and O–H groups in total. The quantitative estimate of drug-likeness (QED) is 0.437. The molecule has 2 aromatic carbocycles. The van der Waals surface area contributed by atoms with Crippen LogP contribution in [0.2, 0.25) is 5.02 Å². The summed E-state index contributed by atoms with van der Waals surface area (Å²) in [5.41, 5.74) is 2.97. The molecule has 0 radical (unpaired) electrons. The number of ether oxygens (including phenoxy) is 1. The second-order valence-electron chi connectivity index (χ2n) is 6.08. The van der Waals surface area contributed by atoms with Crippen molar-refractivity contribution < 1.29 is 13.9 Å². The molecule has 5 nitrogen and oxygen atoms in total. The molecule has 0 fully saturated rings. The summed E-state index contributed by atoms with van der Waals surface area (Å²) in [7, 11) is 1.62. The van der Waals surface area contributed by atoms with Crippen molar-refractivity contribution in [3.8, 4) is 17.0 Å². The molecule has 0 bridgehead atoms. The highest BCUT2D eigenvalue weighted by Crippen LogP contribution is 2.26. The fourth-order valence-corrected chi connectivity index (χ4v) is 3.89. The first-order chi connectivity index (χ1) is 13.5. The number of aromatic nitrogens is 2. The highest BCUT2D eigenvalue weighted by Gasteiger charge is 2.14. The van der Waals surface area contributed by atoms with Gasteiger partial charge in [0.2, 0.25) is 5.91 Å². The van der Waals surface area contributed by atoms with E-state index >= 15 is 0 Å². The average Bonchev–Trinajstić information content (AvgIpc) is 3.26.